The predicted molar refractivity (Wildman–Crippen MR) is 114 cm³/mol. The minimum absolute atomic E-state index is 0.0296. The fourth-order valence-electron chi connectivity index (χ4n) is 3.66. The van der Waals surface area contributed by atoms with Crippen LogP contribution in [0, 0.1) is 0 Å². The van der Waals surface area contributed by atoms with Crippen molar-refractivity contribution in [2.24, 2.45) is 0 Å². The van der Waals surface area contributed by atoms with Crippen molar-refractivity contribution in [1.29, 1.82) is 0 Å². The number of fused-ring (bicyclic) bond motifs is 1. The van der Waals surface area contributed by atoms with Gasteiger partial charge in [-0.1, -0.05) is 59.6 Å². The maximum Gasteiger partial charge on any atom is 0.142 e. The molecule has 0 aliphatic carbocycles. The number of benzene rings is 3. The van der Waals surface area contributed by atoms with Crippen molar-refractivity contribution >= 4 is 23.2 Å². The van der Waals surface area contributed by atoms with Crippen LogP contribution in [-0.4, -0.2) is 13.7 Å². The zero-order chi connectivity index (χ0) is 19.5. The van der Waals surface area contributed by atoms with Gasteiger partial charge in [-0.05, 0) is 47.4 Å². The standard InChI is InChI=1S/C23H21Cl2NO2/c1-27-23-20(12-17(24)13-21(23)25)22-19-8-7-18(11-16(19)9-10-26-22)28-14-15-5-3-2-4-6-15/h2-8,11-13,22,26H,9-10,14H2,1H3. The Morgan fingerprint density at radius 2 is 1.82 bits per heavy atom. The highest BCUT2D eigenvalue weighted by Gasteiger charge is 2.26. The molecule has 1 heterocycles. The third-order valence-electron chi connectivity index (χ3n) is 4.97. The van der Waals surface area contributed by atoms with E-state index in [0.29, 0.717) is 22.4 Å². The molecule has 1 aliphatic rings. The fraction of sp³-hybridized carbons (Fsp3) is 0.217. The summed E-state index contributed by atoms with van der Waals surface area (Å²) in [5.74, 6) is 1.53. The molecule has 0 saturated carbocycles. The molecule has 1 atom stereocenters. The van der Waals surface area contributed by atoms with Gasteiger partial charge >= 0.3 is 0 Å². The summed E-state index contributed by atoms with van der Waals surface area (Å²) >= 11 is 12.6. The molecular formula is C23H21Cl2NO2. The highest BCUT2D eigenvalue weighted by atomic mass is 35.5. The molecule has 0 radical (unpaired) electrons. The molecule has 1 aliphatic heterocycles. The molecule has 28 heavy (non-hydrogen) atoms. The van der Waals surface area contributed by atoms with E-state index in [2.05, 4.69) is 29.6 Å². The molecule has 0 spiro atoms. The molecule has 3 aromatic carbocycles. The minimum Gasteiger partial charge on any atom is -0.495 e. The molecule has 1 N–H and O–H groups in total. The molecule has 1 unspecified atom stereocenters. The van der Waals surface area contributed by atoms with Crippen molar-refractivity contribution in [2.75, 3.05) is 13.7 Å². The SMILES string of the molecule is COc1c(Cl)cc(Cl)cc1C1NCCc2cc(OCc3ccccc3)ccc21. The summed E-state index contributed by atoms with van der Waals surface area (Å²) in [6.45, 7) is 1.41. The van der Waals surface area contributed by atoms with Crippen LogP contribution < -0.4 is 14.8 Å². The van der Waals surface area contributed by atoms with E-state index < -0.39 is 0 Å². The molecule has 3 nitrogen and oxygen atoms in total. The number of hydrogen-bond acceptors (Lipinski definition) is 3. The molecule has 5 heteroatoms. The van der Waals surface area contributed by atoms with E-state index in [1.807, 2.05) is 30.3 Å². The largest absolute Gasteiger partial charge is 0.495 e. The lowest BCUT2D eigenvalue weighted by Gasteiger charge is -2.29. The van der Waals surface area contributed by atoms with Gasteiger partial charge in [-0.3, -0.25) is 0 Å². The van der Waals surface area contributed by atoms with Crippen molar-refractivity contribution < 1.29 is 9.47 Å². The van der Waals surface area contributed by atoms with Crippen molar-refractivity contribution in [2.45, 2.75) is 19.1 Å². The Morgan fingerprint density at radius 3 is 2.61 bits per heavy atom. The van der Waals surface area contributed by atoms with E-state index >= 15 is 0 Å². The van der Waals surface area contributed by atoms with Gasteiger partial charge in [0.25, 0.3) is 0 Å². The number of rotatable bonds is 5. The molecule has 3 aromatic rings. The Kier molecular flexibility index (Phi) is 5.77. The van der Waals surface area contributed by atoms with Gasteiger partial charge in [0.15, 0.2) is 0 Å². The lowest BCUT2D eigenvalue weighted by molar-refractivity contribution is 0.305. The van der Waals surface area contributed by atoms with E-state index in [1.165, 1.54) is 11.1 Å². The molecule has 0 fully saturated rings. The summed E-state index contributed by atoms with van der Waals surface area (Å²) in [5.41, 5.74) is 4.54. The molecule has 0 bridgehead atoms. The number of ether oxygens (including phenoxy) is 2. The Bertz CT molecular complexity index is 976. The molecule has 0 saturated heterocycles. The quantitative estimate of drug-likeness (QED) is 0.571. The van der Waals surface area contributed by atoms with Gasteiger partial charge in [0.05, 0.1) is 18.2 Å². The van der Waals surface area contributed by atoms with Crippen molar-refractivity contribution in [3.63, 3.8) is 0 Å². The second-order valence-corrected chi connectivity index (χ2v) is 7.63. The number of nitrogens with one attached hydrogen (secondary N) is 1. The summed E-state index contributed by atoms with van der Waals surface area (Å²) in [5, 5.41) is 4.67. The fourth-order valence-corrected chi connectivity index (χ4v) is 4.25. The van der Waals surface area contributed by atoms with Gasteiger partial charge in [-0.15, -0.1) is 0 Å². The van der Waals surface area contributed by atoms with Crippen molar-refractivity contribution in [1.82, 2.24) is 5.32 Å². The first-order valence-electron chi connectivity index (χ1n) is 9.21. The number of methoxy groups -OCH3 is 1. The third-order valence-corrected chi connectivity index (χ3v) is 5.47. The Balaban J connectivity index is 1.62. The zero-order valence-corrected chi connectivity index (χ0v) is 17.1. The van der Waals surface area contributed by atoms with Crippen molar-refractivity contribution in [3.05, 3.63) is 93.0 Å². The highest BCUT2D eigenvalue weighted by molar-refractivity contribution is 6.35. The normalized spacial score (nSPS) is 15.8. The van der Waals surface area contributed by atoms with Gasteiger partial charge in [0.1, 0.15) is 18.1 Å². The van der Waals surface area contributed by atoms with Crippen LogP contribution in [0.1, 0.15) is 28.3 Å². The van der Waals surface area contributed by atoms with Crippen LogP contribution in [0.15, 0.2) is 60.7 Å². The van der Waals surface area contributed by atoms with Gasteiger partial charge in [0.2, 0.25) is 0 Å². The molecule has 4 rings (SSSR count). The van der Waals surface area contributed by atoms with Crippen LogP contribution in [0.4, 0.5) is 0 Å². The van der Waals surface area contributed by atoms with Gasteiger partial charge in [0, 0.05) is 17.1 Å². The Labute approximate surface area is 175 Å². The lowest BCUT2D eigenvalue weighted by Crippen LogP contribution is -2.31. The third kappa shape index (κ3) is 3.97. The van der Waals surface area contributed by atoms with Gasteiger partial charge in [-0.25, -0.2) is 0 Å². The average Bonchev–Trinajstić information content (AvgIpc) is 2.72. The second-order valence-electron chi connectivity index (χ2n) is 6.78. The van der Waals surface area contributed by atoms with E-state index in [1.54, 1.807) is 13.2 Å². The minimum atomic E-state index is -0.0296. The van der Waals surface area contributed by atoms with E-state index in [0.717, 1.165) is 29.8 Å². The van der Waals surface area contributed by atoms with Crippen LogP contribution in [0.5, 0.6) is 11.5 Å². The van der Waals surface area contributed by atoms with Crippen LogP contribution in [0.25, 0.3) is 0 Å². The molecule has 144 valence electrons. The van der Waals surface area contributed by atoms with Crippen LogP contribution >= 0.6 is 23.2 Å². The summed E-state index contributed by atoms with van der Waals surface area (Å²) in [6.07, 6.45) is 0.935. The van der Waals surface area contributed by atoms with E-state index in [-0.39, 0.29) is 6.04 Å². The molecule has 0 aromatic heterocycles. The van der Waals surface area contributed by atoms with Crippen molar-refractivity contribution in [3.8, 4) is 11.5 Å². The summed E-state index contributed by atoms with van der Waals surface area (Å²) in [7, 11) is 1.63. The maximum absolute atomic E-state index is 6.35. The molecular weight excluding hydrogens is 393 g/mol. The van der Waals surface area contributed by atoms with Crippen LogP contribution in [-0.2, 0) is 13.0 Å². The number of hydrogen-bond donors (Lipinski definition) is 1. The zero-order valence-electron chi connectivity index (χ0n) is 15.5. The Hall–Kier alpha value is -2.20. The summed E-state index contributed by atoms with van der Waals surface area (Å²) in [6, 6.07) is 20.0. The van der Waals surface area contributed by atoms with Gasteiger partial charge in [-0.2, -0.15) is 0 Å². The summed E-state index contributed by atoms with van der Waals surface area (Å²) in [4.78, 5) is 0. The van der Waals surface area contributed by atoms with Crippen LogP contribution in [0.3, 0.4) is 0 Å². The monoisotopic (exact) mass is 413 g/mol. The highest BCUT2D eigenvalue weighted by Crippen LogP contribution is 2.40. The average molecular weight is 414 g/mol. The van der Waals surface area contributed by atoms with Gasteiger partial charge < -0.3 is 14.8 Å². The smallest absolute Gasteiger partial charge is 0.142 e. The first-order chi connectivity index (χ1) is 13.7. The second kappa shape index (κ2) is 8.44. The van der Waals surface area contributed by atoms with E-state index in [9.17, 15) is 0 Å². The predicted octanol–water partition coefficient (Wildman–Crippen LogP) is 5.82. The Morgan fingerprint density at radius 1 is 1.00 bits per heavy atom. The van der Waals surface area contributed by atoms with Crippen LogP contribution in [0.2, 0.25) is 10.0 Å². The first-order valence-corrected chi connectivity index (χ1v) is 9.97. The number of halogens is 2. The summed E-state index contributed by atoms with van der Waals surface area (Å²) < 4.78 is 11.6. The first kappa shape index (κ1) is 19.1. The van der Waals surface area contributed by atoms with E-state index in [4.69, 9.17) is 32.7 Å². The topological polar surface area (TPSA) is 30.5 Å². The molecule has 0 amide bonds. The maximum atomic E-state index is 6.35. The lowest BCUT2D eigenvalue weighted by atomic mass is 9.89.